The summed E-state index contributed by atoms with van der Waals surface area (Å²) in [6.45, 7) is 3.75. The van der Waals surface area contributed by atoms with Gasteiger partial charge in [-0.05, 0) is 37.8 Å². The van der Waals surface area contributed by atoms with Gasteiger partial charge in [-0.15, -0.1) is 0 Å². The van der Waals surface area contributed by atoms with Crippen LogP contribution in [-0.4, -0.2) is 69.7 Å². The lowest BCUT2D eigenvalue weighted by Gasteiger charge is -2.40. The number of methoxy groups -OCH3 is 1. The van der Waals surface area contributed by atoms with Crippen molar-refractivity contribution in [3.05, 3.63) is 17.8 Å². The van der Waals surface area contributed by atoms with Gasteiger partial charge in [0, 0.05) is 26.2 Å². The number of pyridine rings is 1. The molecular formula is C19H28FN3O4. The van der Waals surface area contributed by atoms with E-state index in [9.17, 15) is 9.18 Å². The predicted octanol–water partition coefficient (Wildman–Crippen LogP) is 1.81. The predicted molar refractivity (Wildman–Crippen MR) is 99.2 cm³/mol. The van der Waals surface area contributed by atoms with Gasteiger partial charge in [0.15, 0.2) is 0 Å². The average Bonchev–Trinajstić information content (AvgIpc) is 3.44. The molecule has 1 unspecified atom stereocenters. The summed E-state index contributed by atoms with van der Waals surface area (Å²) >= 11 is 0. The second kappa shape index (κ2) is 9.32. The van der Waals surface area contributed by atoms with Crippen LogP contribution in [0.2, 0.25) is 0 Å². The van der Waals surface area contributed by atoms with E-state index in [-0.39, 0.29) is 31.3 Å². The minimum atomic E-state index is -0.536. The van der Waals surface area contributed by atoms with Gasteiger partial charge in [-0.2, -0.15) is 0 Å². The molecule has 1 aromatic rings. The highest BCUT2D eigenvalue weighted by Gasteiger charge is 2.30. The Morgan fingerprint density at radius 2 is 2.19 bits per heavy atom. The van der Waals surface area contributed by atoms with Crippen molar-refractivity contribution in [1.82, 2.24) is 10.3 Å². The Morgan fingerprint density at radius 1 is 1.41 bits per heavy atom. The maximum atomic E-state index is 12.5. The van der Waals surface area contributed by atoms with Gasteiger partial charge in [-0.1, -0.05) is 0 Å². The number of nitrogens with zero attached hydrogens (tertiary/aromatic N) is 2. The first-order valence-corrected chi connectivity index (χ1v) is 9.46. The van der Waals surface area contributed by atoms with Crippen LogP contribution < -0.4 is 15.0 Å². The largest absolute Gasteiger partial charge is 0.476 e. The standard InChI is InChI=1S/C19H28FN3O4/c1-13(11-26-8-7-20)21-18(24)16-5-6-17(23-9-15(10-23)25-2)19(22-16)27-12-14-3-4-14/h5-6,13-15H,3-4,7-12H2,1-2H3,(H,21,24). The molecule has 2 aliphatic rings. The number of aromatic nitrogens is 1. The maximum Gasteiger partial charge on any atom is 0.270 e. The molecule has 3 rings (SSSR count). The van der Waals surface area contributed by atoms with Gasteiger partial charge in [0.25, 0.3) is 5.91 Å². The zero-order chi connectivity index (χ0) is 19.2. The van der Waals surface area contributed by atoms with Gasteiger partial charge >= 0.3 is 0 Å². The van der Waals surface area contributed by atoms with Crippen LogP contribution >= 0.6 is 0 Å². The van der Waals surface area contributed by atoms with Crippen molar-refractivity contribution in [3.8, 4) is 5.88 Å². The number of rotatable bonds is 11. The molecule has 2 fully saturated rings. The average molecular weight is 381 g/mol. The molecule has 1 amide bonds. The van der Waals surface area contributed by atoms with Crippen molar-refractivity contribution in [2.75, 3.05) is 51.6 Å². The van der Waals surface area contributed by atoms with Crippen LogP contribution in [0.25, 0.3) is 0 Å². The van der Waals surface area contributed by atoms with E-state index >= 15 is 0 Å². The Morgan fingerprint density at radius 3 is 2.85 bits per heavy atom. The fourth-order valence-electron chi connectivity index (χ4n) is 2.83. The van der Waals surface area contributed by atoms with Crippen molar-refractivity contribution in [2.45, 2.75) is 31.9 Å². The van der Waals surface area contributed by atoms with Crippen LogP contribution in [0.4, 0.5) is 10.1 Å². The van der Waals surface area contributed by atoms with E-state index in [2.05, 4.69) is 15.2 Å². The van der Waals surface area contributed by atoms with Crippen LogP contribution in [0.3, 0.4) is 0 Å². The Balaban J connectivity index is 1.64. The summed E-state index contributed by atoms with van der Waals surface area (Å²) < 4.78 is 28.5. The molecule has 0 spiro atoms. The quantitative estimate of drug-likeness (QED) is 0.590. The lowest BCUT2D eigenvalue weighted by molar-refractivity contribution is 0.0781. The topological polar surface area (TPSA) is 72.9 Å². The highest BCUT2D eigenvalue weighted by Crippen LogP contribution is 2.34. The van der Waals surface area contributed by atoms with E-state index in [1.807, 2.05) is 6.07 Å². The Labute approximate surface area is 159 Å². The summed E-state index contributed by atoms with van der Waals surface area (Å²) in [5, 5.41) is 2.81. The molecule has 0 bridgehead atoms. The molecule has 1 aliphatic heterocycles. The molecule has 1 saturated heterocycles. The van der Waals surface area contributed by atoms with Crippen LogP contribution in [-0.2, 0) is 9.47 Å². The van der Waals surface area contributed by atoms with Crippen molar-refractivity contribution >= 4 is 11.6 Å². The van der Waals surface area contributed by atoms with E-state index in [1.54, 1.807) is 20.1 Å². The molecule has 1 aliphatic carbocycles. The van der Waals surface area contributed by atoms with Crippen LogP contribution in [0.15, 0.2) is 12.1 Å². The van der Waals surface area contributed by atoms with Crippen molar-refractivity contribution < 1.29 is 23.4 Å². The second-order valence-electron chi connectivity index (χ2n) is 7.18. The zero-order valence-corrected chi connectivity index (χ0v) is 15.9. The number of carbonyl (C=O) groups excluding carboxylic acids is 1. The lowest BCUT2D eigenvalue weighted by atomic mass is 10.1. The van der Waals surface area contributed by atoms with Crippen molar-refractivity contribution in [2.24, 2.45) is 5.92 Å². The van der Waals surface area contributed by atoms with Crippen LogP contribution in [0.5, 0.6) is 5.88 Å². The number of carbonyl (C=O) groups is 1. The zero-order valence-electron chi connectivity index (χ0n) is 15.9. The molecule has 2 heterocycles. The number of amides is 1. The monoisotopic (exact) mass is 381 g/mol. The SMILES string of the molecule is COC1CN(c2ccc(C(=O)NC(C)COCCF)nc2OCC2CC2)C1. The minimum absolute atomic E-state index is 0.0324. The molecule has 0 aromatic carbocycles. The fourth-order valence-corrected chi connectivity index (χ4v) is 2.83. The van der Waals surface area contributed by atoms with E-state index in [0.717, 1.165) is 18.8 Å². The summed E-state index contributed by atoms with van der Waals surface area (Å²) in [6, 6.07) is 3.34. The number of anilines is 1. The molecule has 0 radical (unpaired) electrons. The summed E-state index contributed by atoms with van der Waals surface area (Å²) in [4.78, 5) is 19.1. The molecule has 1 aromatic heterocycles. The van der Waals surface area contributed by atoms with E-state index < -0.39 is 6.67 Å². The van der Waals surface area contributed by atoms with Crippen molar-refractivity contribution in [1.29, 1.82) is 0 Å². The van der Waals surface area contributed by atoms with Gasteiger partial charge < -0.3 is 24.4 Å². The Kier molecular flexibility index (Phi) is 6.84. The van der Waals surface area contributed by atoms with E-state index in [0.29, 0.717) is 24.1 Å². The first kappa shape index (κ1) is 19.8. The van der Waals surface area contributed by atoms with Crippen LogP contribution in [0, 0.1) is 5.92 Å². The number of hydrogen-bond acceptors (Lipinski definition) is 6. The number of hydrogen-bond donors (Lipinski definition) is 1. The number of nitrogens with one attached hydrogen (secondary N) is 1. The first-order chi connectivity index (χ1) is 13.1. The highest BCUT2D eigenvalue weighted by molar-refractivity contribution is 5.93. The van der Waals surface area contributed by atoms with Crippen LogP contribution in [0.1, 0.15) is 30.3 Å². The normalized spacial score (nSPS) is 18.1. The van der Waals surface area contributed by atoms with E-state index in [4.69, 9.17) is 14.2 Å². The number of halogens is 1. The number of ether oxygens (including phenoxy) is 3. The van der Waals surface area contributed by atoms with Gasteiger partial charge in [0.1, 0.15) is 18.1 Å². The fraction of sp³-hybridized carbons (Fsp3) is 0.684. The third-order valence-electron chi connectivity index (χ3n) is 4.71. The Bertz CT molecular complexity index is 635. The third kappa shape index (κ3) is 5.52. The summed E-state index contributed by atoms with van der Waals surface area (Å²) in [7, 11) is 1.71. The summed E-state index contributed by atoms with van der Waals surface area (Å²) in [5.41, 5.74) is 1.19. The van der Waals surface area contributed by atoms with E-state index in [1.165, 1.54) is 12.8 Å². The molecule has 1 saturated carbocycles. The first-order valence-electron chi connectivity index (χ1n) is 9.46. The molecular weight excluding hydrogens is 353 g/mol. The molecule has 150 valence electrons. The Hall–Kier alpha value is -1.93. The van der Waals surface area contributed by atoms with Gasteiger partial charge in [-0.3, -0.25) is 4.79 Å². The van der Waals surface area contributed by atoms with Gasteiger partial charge in [-0.25, -0.2) is 9.37 Å². The second-order valence-corrected chi connectivity index (χ2v) is 7.18. The number of alkyl halides is 1. The van der Waals surface area contributed by atoms with Gasteiger partial charge in [0.2, 0.25) is 5.88 Å². The van der Waals surface area contributed by atoms with Gasteiger partial charge in [0.05, 0.1) is 25.9 Å². The molecule has 1 N–H and O–H groups in total. The molecule has 1 atom stereocenters. The smallest absolute Gasteiger partial charge is 0.270 e. The maximum absolute atomic E-state index is 12.5. The molecule has 27 heavy (non-hydrogen) atoms. The van der Waals surface area contributed by atoms with Crippen molar-refractivity contribution in [3.63, 3.8) is 0 Å². The molecule has 7 nitrogen and oxygen atoms in total. The lowest BCUT2D eigenvalue weighted by Crippen LogP contribution is -2.52. The summed E-state index contributed by atoms with van der Waals surface area (Å²) in [5.74, 6) is 0.783. The summed E-state index contributed by atoms with van der Waals surface area (Å²) in [6.07, 6.45) is 2.58. The minimum Gasteiger partial charge on any atom is -0.476 e. The molecule has 8 heteroatoms. The third-order valence-corrected chi connectivity index (χ3v) is 4.71. The highest BCUT2D eigenvalue weighted by atomic mass is 19.1.